The van der Waals surface area contributed by atoms with Gasteiger partial charge in [-0.15, -0.1) is 11.8 Å². The number of hydrogen-bond acceptors (Lipinski definition) is 5. The lowest BCUT2D eigenvalue weighted by atomic mass is 9.97. The van der Waals surface area contributed by atoms with Gasteiger partial charge in [0.25, 0.3) is 0 Å². The molecular formula is C33H34N4O3S. The van der Waals surface area contributed by atoms with Crippen molar-refractivity contribution < 1.29 is 14.3 Å². The molecule has 0 radical (unpaired) electrons. The number of ether oxygens (including phenoxy) is 1. The Morgan fingerprint density at radius 1 is 1.02 bits per heavy atom. The van der Waals surface area contributed by atoms with Gasteiger partial charge in [-0.3, -0.25) is 14.5 Å². The van der Waals surface area contributed by atoms with Crippen LogP contribution < -0.4 is 10.2 Å². The Balaban J connectivity index is 1.52. The number of rotatable bonds is 7. The zero-order valence-corrected chi connectivity index (χ0v) is 24.2. The molecule has 2 aliphatic heterocycles. The van der Waals surface area contributed by atoms with Crippen LogP contribution in [0, 0.1) is 13.8 Å². The molecule has 0 unspecified atom stereocenters. The molecular weight excluding hydrogens is 532 g/mol. The van der Waals surface area contributed by atoms with Crippen molar-refractivity contribution in [2.75, 3.05) is 30.3 Å². The van der Waals surface area contributed by atoms with Crippen LogP contribution in [0.4, 0.5) is 5.82 Å². The molecule has 0 aliphatic carbocycles. The minimum atomic E-state index is -0.211. The lowest BCUT2D eigenvalue weighted by molar-refractivity contribution is -0.123. The highest BCUT2D eigenvalue weighted by atomic mass is 32.2. The van der Waals surface area contributed by atoms with Gasteiger partial charge in [0.15, 0.2) is 0 Å². The van der Waals surface area contributed by atoms with Gasteiger partial charge in [-0.25, -0.2) is 4.68 Å². The van der Waals surface area contributed by atoms with Crippen LogP contribution in [0.5, 0.6) is 0 Å². The minimum absolute atomic E-state index is 0.0260. The van der Waals surface area contributed by atoms with Crippen LogP contribution in [0.2, 0.25) is 0 Å². The van der Waals surface area contributed by atoms with Gasteiger partial charge in [0, 0.05) is 24.3 Å². The molecule has 7 nitrogen and oxygen atoms in total. The standard InChI is InChI=1S/C33H34N4O3S/c1-22-14-16-25(17-15-22)37-33-30(31(35-37)24-10-4-3-5-11-24)32(27-13-7-6-9-23(27)2)41-21-29(39)36(33)20-28(38)34-19-26-12-8-18-40-26/h3-7,9-11,13-17,26,32H,8,12,18-21H2,1-2H3,(H,34,38)/t26-,32-/m1/s1. The third kappa shape index (κ3) is 5.67. The summed E-state index contributed by atoms with van der Waals surface area (Å²) in [5.41, 5.74) is 6.96. The number of thioether (sulfide) groups is 1. The van der Waals surface area contributed by atoms with Gasteiger partial charge in [-0.05, 0) is 49.9 Å². The second-order valence-electron chi connectivity index (χ2n) is 10.7. The highest BCUT2D eigenvalue weighted by Gasteiger charge is 2.38. The van der Waals surface area contributed by atoms with Crippen molar-refractivity contribution >= 4 is 29.4 Å². The predicted molar refractivity (Wildman–Crippen MR) is 164 cm³/mol. The summed E-state index contributed by atoms with van der Waals surface area (Å²) in [6, 6.07) is 26.5. The number of carbonyl (C=O) groups excluding carboxylic acids is 2. The second kappa shape index (κ2) is 11.9. The Labute approximate surface area is 244 Å². The molecule has 1 fully saturated rings. The van der Waals surface area contributed by atoms with E-state index in [0.29, 0.717) is 12.4 Å². The summed E-state index contributed by atoms with van der Waals surface area (Å²) in [7, 11) is 0. The van der Waals surface area contributed by atoms with Gasteiger partial charge in [0.1, 0.15) is 12.4 Å². The van der Waals surface area contributed by atoms with E-state index in [9.17, 15) is 9.59 Å². The van der Waals surface area contributed by atoms with Gasteiger partial charge >= 0.3 is 0 Å². The van der Waals surface area contributed by atoms with Crippen molar-refractivity contribution in [2.24, 2.45) is 0 Å². The number of hydrogen-bond donors (Lipinski definition) is 1. The summed E-state index contributed by atoms with van der Waals surface area (Å²) in [6.07, 6.45) is 1.96. The molecule has 3 aromatic carbocycles. The number of aromatic nitrogens is 2. The fourth-order valence-electron chi connectivity index (χ4n) is 5.55. The zero-order chi connectivity index (χ0) is 28.3. The van der Waals surface area contributed by atoms with Crippen molar-refractivity contribution in [3.63, 3.8) is 0 Å². The first kappa shape index (κ1) is 27.3. The molecule has 210 valence electrons. The van der Waals surface area contributed by atoms with Crippen LogP contribution in [0.25, 0.3) is 16.9 Å². The van der Waals surface area contributed by atoms with Gasteiger partial charge in [0.05, 0.1) is 28.5 Å². The molecule has 2 aliphatic rings. The summed E-state index contributed by atoms with van der Waals surface area (Å²) in [6.45, 7) is 5.23. The number of nitrogens with zero attached hydrogens (tertiary/aromatic N) is 3. The predicted octanol–water partition coefficient (Wildman–Crippen LogP) is 5.62. The fourth-order valence-corrected chi connectivity index (χ4v) is 6.85. The number of amides is 2. The topological polar surface area (TPSA) is 76.5 Å². The molecule has 0 saturated carbocycles. The number of aryl methyl sites for hydroxylation is 2. The molecule has 8 heteroatoms. The molecule has 3 heterocycles. The monoisotopic (exact) mass is 566 g/mol. The van der Waals surface area contributed by atoms with Crippen LogP contribution in [0.1, 0.15) is 40.3 Å². The summed E-state index contributed by atoms with van der Waals surface area (Å²) < 4.78 is 7.54. The molecule has 1 saturated heterocycles. The maximum Gasteiger partial charge on any atom is 0.240 e. The van der Waals surface area contributed by atoms with Crippen LogP contribution in [0.15, 0.2) is 78.9 Å². The third-order valence-electron chi connectivity index (χ3n) is 7.74. The maximum atomic E-state index is 13.9. The molecule has 1 aromatic heterocycles. The molecule has 2 atom stereocenters. The average molecular weight is 567 g/mol. The normalized spacial score (nSPS) is 18.7. The van der Waals surface area contributed by atoms with E-state index >= 15 is 0 Å². The highest BCUT2D eigenvalue weighted by Crippen LogP contribution is 2.49. The molecule has 0 spiro atoms. The van der Waals surface area contributed by atoms with Gasteiger partial charge in [0.2, 0.25) is 11.8 Å². The van der Waals surface area contributed by atoms with E-state index in [1.165, 1.54) is 0 Å². The number of anilines is 1. The first-order valence-electron chi connectivity index (χ1n) is 14.1. The Morgan fingerprint density at radius 3 is 2.51 bits per heavy atom. The van der Waals surface area contributed by atoms with E-state index < -0.39 is 0 Å². The van der Waals surface area contributed by atoms with E-state index in [4.69, 9.17) is 9.84 Å². The molecule has 6 rings (SSSR count). The van der Waals surface area contributed by atoms with E-state index in [0.717, 1.165) is 58.6 Å². The van der Waals surface area contributed by atoms with Crippen LogP contribution >= 0.6 is 11.8 Å². The zero-order valence-electron chi connectivity index (χ0n) is 23.4. The largest absolute Gasteiger partial charge is 0.376 e. The van der Waals surface area contributed by atoms with Crippen molar-refractivity contribution in [1.29, 1.82) is 0 Å². The van der Waals surface area contributed by atoms with Crippen LogP contribution in [-0.4, -0.2) is 53.1 Å². The maximum absolute atomic E-state index is 13.9. The quantitative estimate of drug-likeness (QED) is 0.314. The van der Waals surface area contributed by atoms with E-state index in [-0.39, 0.29) is 35.5 Å². The summed E-state index contributed by atoms with van der Waals surface area (Å²) in [4.78, 5) is 28.8. The third-order valence-corrected chi connectivity index (χ3v) is 8.97. The molecule has 2 amide bonds. The first-order chi connectivity index (χ1) is 20.0. The summed E-state index contributed by atoms with van der Waals surface area (Å²) >= 11 is 1.59. The van der Waals surface area contributed by atoms with Crippen LogP contribution in [0.3, 0.4) is 0 Å². The number of nitrogens with one attached hydrogen (secondary N) is 1. The molecule has 0 bridgehead atoms. The Kier molecular flexibility index (Phi) is 7.94. The molecule has 1 N–H and O–H groups in total. The average Bonchev–Trinajstić information content (AvgIpc) is 3.62. The lowest BCUT2D eigenvalue weighted by Crippen LogP contribution is -2.44. The van der Waals surface area contributed by atoms with Crippen molar-refractivity contribution in [3.05, 3.63) is 101 Å². The van der Waals surface area contributed by atoms with E-state index in [1.54, 1.807) is 16.7 Å². The minimum Gasteiger partial charge on any atom is -0.376 e. The van der Waals surface area contributed by atoms with Gasteiger partial charge in [-0.2, -0.15) is 5.10 Å². The number of benzene rings is 3. The van der Waals surface area contributed by atoms with Gasteiger partial charge in [-0.1, -0.05) is 72.3 Å². The smallest absolute Gasteiger partial charge is 0.240 e. The Hall–Kier alpha value is -3.88. The molecule has 41 heavy (non-hydrogen) atoms. The van der Waals surface area contributed by atoms with Crippen LogP contribution in [-0.2, 0) is 14.3 Å². The number of fused-ring (bicyclic) bond motifs is 1. The fraction of sp³-hybridized carbons (Fsp3) is 0.303. The summed E-state index contributed by atoms with van der Waals surface area (Å²) in [5.74, 6) is 0.558. The van der Waals surface area contributed by atoms with Crippen molar-refractivity contribution in [2.45, 2.75) is 38.0 Å². The van der Waals surface area contributed by atoms with E-state index in [1.807, 2.05) is 78.3 Å². The SMILES string of the molecule is Cc1ccc(-n2nc(-c3ccccc3)c3c2N(CC(=O)NC[C@H]2CCCO2)C(=O)CS[C@@H]3c2ccccc2C)cc1. The molecule has 4 aromatic rings. The Morgan fingerprint density at radius 2 is 1.78 bits per heavy atom. The van der Waals surface area contributed by atoms with Crippen molar-refractivity contribution in [1.82, 2.24) is 15.1 Å². The van der Waals surface area contributed by atoms with E-state index in [2.05, 4.69) is 24.4 Å². The number of carbonyl (C=O) groups is 2. The Bertz CT molecular complexity index is 1540. The highest BCUT2D eigenvalue weighted by molar-refractivity contribution is 8.00. The van der Waals surface area contributed by atoms with Gasteiger partial charge < -0.3 is 10.1 Å². The lowest BCUT2D eigenvalue weighted by Gasteiger charge is -2.24. The summed E-state index contributed by atoms with van der Waals surface area (Å²) in [5, 5.41) is 8.03. The van der Waals surface area contributed by atoms with Crippen molar-refractivity contribution in [3.8, 4) is 16.9 Å². The first-order valence-corrected chi connectivity index (χ1v) is 15.2. The second-order valence-corrected chi connectivity index (χ2v) is 11.8.